The number of carbonyl (C=O) groups is 2. The lowest BCUT2D eigenvalue weighted by Crippen LogP contribution is -2.70. The van der Waals surface area contributed by atoms with Gasteiger partial charge in [-0.3, -0.25) is 4.98 Å². The Morgan fingerprint density at radius 2 is 1.86 bits per heavy atom. The average molecular weight is 622 g/mol. The Labute approximate surface area is 255 Å². The average Bonchev–Trinajstić information content (AvgIpc) is 3.20. The molecule has 2 aromatic rings. The first-order chi connectivity index (χ1) is 20.5. The van der Waals surface area contributed by atoms with E-state index in [2.05, 4.69) is 29.5 Å². The molecular weight excluding hydrogens is 582 g/mol. The molecule has 5 fully saturated rings. The number of anilines is 1. The molecule has 1 aromatic carbocycles. The number of halogens is 1. The normalized spacial score (nSPS) is 34.4. The van der Waals surface area contributed by atoms with Crippen LogP contribution in [0.4, 0.5) is 5.69 Å². The van der Waals surface area contributed by atoms with E-state index in [9.17, 15) is 0 Å². The Kier molecular flexibility index (Phi) is 9.76. The lowest BCUT2D eigenvalue weighted by atomic mass is 9.58. The number of rotatable bonds is 8. The van der Waals surface area contributed by atoms with E-state index >= 15 is 0 Å². The van der Waals surface area contributed by atoms with E-state index in [0.29, 0.717) is 23.5 Å². The fraction of sp³-hybridized carbons (Fsp3) is 0.633. The minimum atomic E-state index is -1.82. The molecule has 4 saturated heterocycles. The zero-order valence-corrected chi connectivity index (χ0v) is 25.3. The maximum atomic E-state index is 9.10. The number of carboxylic acid groups (broad SMARTS) is 2. The molecule has 2 unspecified atom stereocenters. The third-order valence-corrected chi connectivity index (χ3v) is 9.40. The maximum absolute atomic E-state index is 9.10. The van der Waals surface area contributed by atoms with Crippen LogP contribution in [0.3, 0.4) is 0 Å². The summed E-state index contributed by atoms with van der Waals surface area (Å²) in [7, 11) is 0. The van der Waals surface area contributed by atoms with Gasteiger partial charge in [-0.05, 0) is 62.3 Å². The Balaban J connectivity index is 0.000000559. The van der Waals surface area contributed by atoms with Crippen molar-refractivity contribution in [1.29, 1.82) is 0 Å². The number of hydrogen-bond donors (Lipinski definition) is 4. The summed E-state index contributed by atoms with van der Waals surface area (Å²) in [6.07, 6.45) is 5.13. The molecule has 1 spiro atoms. The second-order valence-corrected chi connectivity index (χ2v) is 12.4. The lowest BCUT2D eigenvalue weighted by molar-refractivity contribution is -0.577. The van der Waals surface area contributed by atoms with E-state index in [1.807, 2.05) is 31.2 Å². The molecule has 13 heteroatoms. The van der Waals surface area contributed by atoms with Gasteiger partial charge in [-0.1, -0.05) is 25.4 Å². The number of aromatic nitrogens is 1. The zero-order valence-electron chi connectivity index (χ0n) is 24.6. The molecular formula is C30H40ClN3O9. The van der Waals surface area contributed by atoms with Crippen LogP contribution in [-0.2, 0) is 33.6 Å². The minimum absolute atomic E-state index is 0.191. The van der Waals surface area contributed by atoms with E-state index in [4.69, 9.17) is 55.4 Å². The van der Waals surface area contributed by atoms with Crippen molar-refractivity contribution in [3.05, 3.63) is 35.5 Å². The van der Waals surface area contributed by atoms with E-state index in [-0.39, 0.29) is 18.1 Å². The molecule has 1 aliphatic carbocycles. The van der Waals surface area contributed by atoms with Gasteiger partial charge in [-0.25, -0.2) is 19.4 Å². The highest BCUT2D eigenvalue weighted by atomic mass is 35.5. The van der Waals surface area contributed by atoms with E-state index in [1.165, 1.54) is 6.42 Å². The number of ether oxygens (including phenoxy) is 3. The Hall–Kier alpha value is -2.58. The number of carboxylic acids is 2. The van der Waals surface area contributed by atoms with Crippen molar-refractivity contribution in [1.82, 2.24) is 10.3 Å². The quantitative estimate of drug-likeness (QED) is 0.189. The van der Waals surface area contributed by atoms with E-state index < -0.39 is 29.6 Å². The van der Waals surface area contributed by atoms with Crippen LogP contribution in [0.1, 0.15) is 46.5 Å². The summed E-state index contributed by atoms with van der Waals surface area (Å²) in [5.41, 5.74) is 1.40. The van der Waals surface area contributed by atoms with Crippen LogP contribution in [-0.4, -0.2) is 77.3 Å². The molecule has 1 saturated carbocycles. The fourth-order valence-corrected chi connectivity index (χ4v) is 7.16. The topological polar surface area (TPSA) is 158 Å². The number of benzene rings is 1. The molecule has 1 aromatic heterocycles. The molecule has 5 aliphatic rings. The predicted molar refractivity (Wildman–Crippen MR) is 156 cm³/mol. The van der Waals surface area contributed by atoms with Crippen LogP contribution in [0.2, 0.25) is 5.02 Å². The van der Waals surface area contributed by atoms with Crippen LogP contribution in [0.25, 0.3) is 10.9 Å². The highest BCUT2D eigenvalue weighted by molar-refractivity contribution is 6.31. The second-order valence-electron chi connectivity index (χ2n) is 12.0. The first-order valence-electron chi connectivity index (χ1n) is 14.8. The van der Waals surface area contributed by atoms with Gasteiger partial charge in [-0.15, -0.1) is 0 Å². The molecule has 0 amide bonds. The lowest BCUT2D eigenvalue weighted by Gasteiger charge is -2.60. The molecule has 12 nitrogen and oxygen atoms in total. The molecule has 8 atom stereocenters. The first kappa shape index (κ1) is 31.8. The Morgan fingerprint density at radius 3 is 2.63 bits per heavy atom. The van der Waals surface area contributed by atoms with Crippen LogP contribution in [0.15, 0.2) is 30.5 Å². The molecule has 2 bridgehead atoms. The zero-order chi connectivity index (χ0) is 30.8. The molecule has 236 valence electrons. The summed E-state index contributed by atoms with van der Waals surface area (Å²) >= 11 is 6.10. The van der Waals surface area contributed by atoms with Crippen LogP contribution in [0.5, 0.6) is 0 Å². The van der Waals surface area contributed by atoms with Gasteiger partial charge in [0.05, 0.1) is 12.1 Å². The summed E-state index contributed by atoms with van der Waals surface area (Å²) in [6, 6.07) is 7.76. The van der Waals surface area contributed by atoms with Crippen molar-refractivity contribution in [2.75, 3.05) is 31.6 Å². The van der Waals surface area contributed by atoms with E-state index in [0.717, 1.165) is 55.5 Å². The Bertz CT molecular complexity index is 1300. The maximum Gasteiger partial charge on any atom is 0.414 e. The van der Waals surface area contributed by atoms with Crippen molar-refractivity contribution < 1.29 is 43.8 Å². The number of nitrogens with one attached hydrogen (secondary N) is 2. The highest BCUT2D eigenvalue weighted by Crippen LogP contribution is 2.60. The van der Waals surface area contributed by atoms with Crippen molar-refractivity contribution in [2.45, 2.75) is 70.4 Å². The third-order valence-electron chi connectivity index (χ3n) is 9.16. The van der Waals surface area contributed by atoms with Gasteiger partial charge >= 0.3 is 11.9 Å². The number of aliphatic carboxylic acids is 2. The second kappa shape index (κ2) is 13.2. The largest absolute Gasteiger partial charge is 0.473 e. The summed E-state index contributed by atoms with van der Waals surface area (Å²) in [5.74, 6) is -3.01. The molecule has 7 rings (SSSR count). The van der Waals surface area contributed by atoms with Gasteiger partial charge in [0, 0.05) is 60.2 Å². The predicted octanol–water partition coefficient (Wildman–Crippen LogP) is 4.27. The third kappa shape index (κ3) is 6.60. The summed E-state index contributed by atoms with van der Waals surface area (Å²) in [6.45, 7) is 9.40. The van der Waals surface area contributed by atoms with Gasteiger partial charge in [0.2, 0.25) is 5.79 Å². The molecule has 43 heavy (non-hydrogen) atoms. The number of pyridine rings is 1. The number of fused-ring (bicyclic) bond motifs is 3. The molecule has 5 heterocycles. The summed E-state index contributed by atoms with van der Waals surface area (Å²) < 4.78 is 19.2. The van der Waals surface area contributed by atoms with Crippen molar-refractivity contribution in [3.8, 4) is 0 Å². The van der Waals surface area contributed by atoms with Crippen LogP contribution >= 0.6 is 11.6 Å². The van der Waals surface area contributed by atoms with Crippen molar-refractivity contribution in [3.63, 3.8) is 0 Å². The highest BCUT2D eigenvalue weighted by Gasteiger charge is 2.69. The van der Waals surface area contributed by atoms with Crippen molar-refractivity contribution in [2.24, 2.45) is 23.7 Å². The van der Waals surface area contributed by atoms with Gasteiger partial charge < -0.3 is 35.1 Å². The summed E-state index contributed by atoms with van der Waals surface area (Å²) in [5, 5.41) is 23.5. The number of hydrogen-bond acceptors (Lipinski definition) is 10. The van der Waals surface area contributed by atoms with Crippen LogP contribution < -0.4 is 10.6 Å². The smallest absolute Gasteiger partial charge is 0.414 e. The molecule has 4 aliphatic heterocycles. The SMILES string of the molecule is C[C@@H]1CCC2[C@@H](C)[C@@H](OCCNCCNc3ccnc4cc(Cl)ccc34)O[C@@H]3O[C@]4(C)CCC1[C@@]23OO4.O=C(O)C(=O)O. The summed E-state index contributed by atoms with van der Waals surface area (Å²) in [4.78, 5) is 34.7. The minimum Gasteiger partial charge on any atom is -0.473 e. The van der Waals surface area contributed by atoms with Gasteiger partial charge in [0.15, 0.2) is 18.2 Å². The Morgan fingerprint density at radius 1 is 1.07 bits per heavy atom. The number of nitrogens with zero attached hydrogens (tertiary/aromatic N) is 1. The molecule has 4 N–H and O–H groups in total. The van der Waals surface area contributed by atoms with Crippen molar-refractivity contribution >= 4 is 40.1 Å². The monoisotopic (exact) mass is 621 g/mol. The van der Waals surface area contributed by atoms with E-state index in [1.54, 1.807) is 6.20 Å². The van der Waals surface area contributed by atoms with Gasteiger partial charge in [-0.2, -0.15) is 0 Å². The van der Waals surface area contributed by atoms with Gasteiger partial charge in [0.25, 0.3) is 0 Å². The van der Waals surface area contributed by atoms with Gasteiger partial charge in [0.1, 0.15) is 0 Å². The fourth-order valence-electron chi connectivity index (χ4n) is 7.00. The molecule has 0 radical (unpaired) electrons. The standard InChI is InChI=1S/C28H38ClN3O5.C2H2O4/c1-17-4-7-22-18(2)25(34-26-28(22)21(17)8-10-27(3,35-26)36-37-28)33-15-14-30-12-13-32-23-9-11-31-24-16-19(29)5-6-20(23)24;3-1(4)2(5)6/h5-6,9,11,16-18,21-22,25-26,30H,4,7-8,10,12-15H2,1-3H3,(H,31,32);(H,3,4)(H,5,6)/t17-,18-,21?,22?,25+,26-,27+,28-;/m1./s1. The van der Waals surface area contributed by atoms with Crippen LogP contribution in [0, 0.1) is 23.7 Å². The first-order valence-corrected chi connectivity index (χ1v) is 15.2.